The van der Waals surface area contributed by atoms with Crippen molar-refractivity contribution in [3.8, 4) is 0 Å². The minimum absolute atomic E-state index is 0.263. The fraction of sp³-hybridized carbons (Fsp3) is 0.111. The van der Waals surface area contributed by atoms with Crippen molar-refractivity contribution in [2.45, 2.75) is 13.3 Å². The predicted octanol–water partition coefficient (Wildman–Crippen LogP) is 3.00. The summed E-state index contributed by atoms with van der Waals surface area (Å²) >= 11 is 0. The number of hydrogen-bond donors (Lipinski definition) is 2. The van der Waals surface area contributed by atoms with Crippen LogP contribution in [0.5, 0.6) is 0 Å². The first-order chi connectivity index (χ1) is 10.6. The molecular formula is C18H18N2O2. The Morgan fingerprint density at radius 3 is 2.50 bits per heavy atom. The highest BCUT2D eigenvalue weighted by molar-refractivity contribution is 6.03. The fourth-order valence-electron chi connectivity index (χ4n) is 1.97. The van der Waals surface area contributed by atoms with Crippen LogP contribution in [0.4, 0.5) is 5.69 Å². The molecule has 0 unspecified atom stereocenters. The third kappa shape index (κ3) is 4.31. The maximum absolute atomic E-state index is 11.9. The first-order valence-electron chi connectivity index (χ1n) is 7.06. The summed E-state index contributed by atoms with van der Waals surface area (Å²) < 4.78 is 0. The monoisotopic (exact) mass is 294 g/mol. The molecule has 0 atom stereocenters. The van der Waals surface area contributed by atoms with E-state index in [1.54, 1.807) is 30.3 Å². The minimum atomic E-state index is -0.525. The van der Waals surface area contributed by atoms with Crippen LogP contribution in [0.2, 0.25) is 0 Å². The van der Waals surface area contributed by atoms with E-state index in [9.17, 15) is 9.59 Å². The van der Waals surface area contributed by atoms with Gasteiger partial charge < -0.3 is 11.1 Å². The van der Waals surface area contributed by atoms with Gasteiger partial charge in [0, 0.05) is 17.3 Å². The lowest BCUT2D eigenvalue weighted by Gasteiger charge is -2.03. The number of amides is 2. The van der Waals surface area contributed by atoms with Crippen molar-refractivity contribution in [2.75, 3.05) is 5.32 Å². The van der Waals surface area contributed by atoms with Crippen LogP contribution in [0.3, 0.4) is 0 Å². The molecule has 0 radical (unpaired) electrons. The van der Waals surface area contributed by atoms with Gasteiger partial charge in [0.15, 0.2) is 0 Å². The van der Waals surface area contributed by atoms with Crippen LogP contribution in [0.1, 0.15) is 28.4 Å². The summed E-state index contributed by atoms with van der Waals surface area (Å²) in [6.45, 7) is 2.10. The van der Waals surface area contributed by atoms with Gasteiger partial charge in [-0.1, -0.05) is 37.3 Å². The topological polar surface area (TPSA) is 72.2 Å². The highest BCUT2D eigenvalue weighted by Crippen LogP contribution is 2.11. The molecule has 3 N–H and O–H groups in total. The van der Waals surface area contributed by atoms with E-state index < -0.39 is 5.91 Å². The van der Waals surface area contributed by atoms with Crippen LogP contribution in [0, 0.1) is 0 Å². The molecule has 0 bridgehead atoms. The third-order valence-corrected chi connectivity index (χ3v) is 3.23. The maximum atomic E-state index is 11.9. The van der Waals surface area contributed by atoms with E-state index in [-0.39, 0.29) is 5.91 Å². The number of primary amides is 1. The zero-order chi connectivity index (χ0) is 15.9. The lowest BCUT2D eigenvalue weighted by atomic mass is 10.1. The standard InChI is InChI=1S/C18H18N2O2/c1-2-13-6-8-14(9-7-13)10-11-17(21)20-16-5-3-4-15(12-16)18(19)22/h3-12H,2H2,1H3,(H2,19,22)(H,20,21)/b11-10+. The summed E-state index contributed by atoms with van der Waals surface area (Å²) in [5.41, 5.74) is 8.31. The zero-order valence-corrected chi connectivity index (χ0v) is 12.4. The lowest BCUT2D eigenvalue weighted by Crippen LogP contribution is -2.12. The number of rotatable bonds is 5. The molecular weight excluding hydrogens is 276 g/mol. The van der Waals surface area contributed by atoms with E-state index in [2.05, 4.69) is 12.2 Å². The van der Waals surface area contributed by atoms with Gasteiger partial charge in [-0.2, -0.15) is 0 Å². The van der Waals surface area contributed by atoms with Gasteiger partial charge in [0.1, 0.15) is 0 Å². The Kier molecular flexibility index (Phi) is 5.09. The Hall–Kier alpha value is -2.88. The molecule has 112 valence electrons. The molecule has 22 heavy (non-hydrogen) atoms. The predicted molar refractivity (Wildman–Crippen MR) is 88.4 cm³/mol. The van der Waals surface area contributed by atoms with Crippen molar-refractivity contribution in [3.63, 3.8) is 0 Å². The van der Waals surface area contributed by atoms with Crippen LogP contribution in [0.15, 0.2) is 54.6 Å². The van der Waals surface area contributed by atoms with Crippen molar-refractivity contribution in [1.82, 2.24) is 0 Å². The number of benzene rings is 2. The molecule has 0 saturated carbocycles. The second-order valence-electron chi connectivity index (χ2n) is 4.86. The van der Waals surface area contributed by atoms with Gasteiger partial charge in [-0.3, -0.25) is 9.59 Å². The molecule has 4 heteroatoms. The van der Waals surface area contributed by atoms with Gasteiger partial charge in [0.25, 0.3) is 0 Å². The van der Waals surface area contributed by atoms with Gasteiger partial charge in [0.05, 0.1) is 0 Å². The molecule has 0 aliphatic carbocycles. The Morgan fingerprint density at radius 2 is 1.86 bits per heavy atom. The third-order valence-electron chi connectivity index (χ3n) is 3.23. The molecule has 0 saturated heterocycles. The number of hydrogen-bond acceptors (Lipinski definition) is 2. The van der Waals surface area contributed by atoms with E-state index in [4.69, 9.17) is 5.73 Å². The van der Waals surface area contributed by atoms with E-state index in [0.717, 1.165) is 12.0 Å². The summed E-state index contributed by atoms with van der Waals surface area (Å²) in [7, 11) is 0. The van der Waals surface area contributed by atoms with Crippen LogP contribution in [-0.4, -0.2) is 11.8 Å². The summed E-state index contributed by atoms with van der Waals surface area (Å²) in [5.74, 6) is -0.788. The minimum Gasteiger partial charge on any atom is -0.366 e. The lowest BCUT2D eigenvalue weighted by molar-refractivity contribution is -0.111. The summed E-state index contributed by atoms with van der Waals surface area (Å²) in [4.78, 5) is 23.0. The summed E-state index contributed by atoms with van der Waals surface area (Å²) in [5, 5.41) is 2.70. The molecule has 2 aromatic rings. The Bertz CT molecular complexity index is 703. The molecule has 0 fully saturated rings. The molecule has 0 heterocycles. The second-order valence-corrected chi connectivity index (χ2v) is 4.86. The number of nitrogens with one attached hydrogen (secondary N) is 1. The first kappa shape index (κ1) is 15.5. The van der Waals surface area contributed by atoms with Crippen LogP contribution >= 0.6 is 0 Å². The number of anilines is 1. The van der Waals surface area contributed by atoms with Gasteiger partial charge in [-0.15, -0.1) is 0 Å². The highest BCUT2D eigenvalue weighted by atomic mass is 16.1. The van der Waals surface area contributed by atoms with Crippen LogP contribution in [-0.2, 0) is 11.2 Å². The largest absolute Gasteiger partial charge is 0.366 e. The van der Waals surface area contributed by atoms with E-state index >= 15 is 0 Å². The second kappa shape index (κ2) is 7.22. The smallest absolute Gasteiger partial charge is 0.248 e. The van der Waals surface area contributed by atoms with E-state index in [1.807, 2.05) is 24.3 Å². The van der Waals surface area contributed by atoms with E-state index in [0.29, 0.717) is 11.3 Å². The summed E-state index contributed by atoms with van der Waals surface area (Å²) in [6, 6.07) is 14.5. The van der Waals surface area contributed by atoms with Gasteiger partial charge in [-0.05, 0) is 41.8 Å². The first-order valence-corrected chi connectivity index (χ1v) is 7.06. The number of carbonyl (C=O) groups excluding carboxylic acids is 2. The molecule has 0 aromatic heterocycles. The zero-order valence-electron chi connectivity index (χ0n) is 12.4. The van der Waals surface area contributed by atoms with Crippen molar-refractivity contribution in [3.05, 3.63) is 71.3 Å². The Morgan fingerprint density at radius 1 is 1.14 bits per heavy atom. The Labute approximate surface area is 129 Å². The average molecular weight is 294 g/mol. The van der Waals surface area contributed by atoms with Gasteiger partial charge >= 0.3 is 0 Å². The van der Waals surface area contributed by atoms with Crippen LogP contribution < -0.4 is 11.1 Å². The Balaban J connectivity index is 2.01. The van der Waals surface area contributed by atoms with Crippen molar-refractivity contribution in [2.24, 2.45) is 5.73 Å². The summed E-state index contributed by atoms with van der Waals surface area (Å²) in [6.07, 6.45) is 4.19. The SMILES string of the molecule is CCc1ccc(/C=C/C(=O)Nc2cccc(C(N)=O)c2)cc1. The molecule has 0 aliphatic rings. The fourth-order valence-corrected chi connectivity index (χ4v) is 1.97. The van der Waals surface area contributed by atoms with Crippen molar-refractivity contribution < 1.29 is 9.59 Å². The molecule has 2 aromatic carbocycles. The molecule has 0 spiro atoms. The number of carbonyl (C=O) groups is 2. The number of nitrogens with two attached hydrogens (primary N) is 1. The average Bonchev–Trinajstić information content (AvgIpc) is 2.53. The van der Waals surface area contributed by atoms with Crippen molar-refractivity contribution >= 4 is 23.6 Å². The number of aryl methyl sites for hydroxylation is 1. The quantitative estimate of drug-likeness (QED) is 0.832. The highest BCUT2D eigenvalue weighted by Gasteiger charge is 2.03. The normalized spacial score (nSPS) is 10.6. The van der Waals surface area contributed by atoms with E-state index in [1.165, 1.54) is 11.6 Å². The molecule has 4 nitrogen and oxygen atoms in total. The van der Waals surface area contributed by atoms with Gasteiger partial charge in [-0.25, -0.2) is 0 Å². The van der Waals surface area contributed by atoms with Gasteiger partial charge in [0.2, 0.25) is 11.8 Å². The molecule has 2 rings (SSSR count). The molecule has 0 aliphatic heterocycles. The van der Waals surface area contributed by atoms with Crippen LogP contribution in [0.25, 0.3) is 6.08 Å². The maximum Gasteiger partial charge on any atom is 0.248 e. The van der Waals surface area contributed by atoms with Crippen molar-refractivity contribution in [1.29, 1.82) is 0 Å². The molecule has 2 amide bonds.